The molecule has 2 rings (SSSR count). The van der Waals surface area contributed by atoms with E-state index in [2.05, 4.69) is 0 Å². The summed E-state index contributed by atoms with van der Waals surface area (Å²) in [4.78, 5) is 20.6. The van der Waals surface area contributed by atoms with Crippen molar-refractivity contribution in [3.63, 3.8) is 0 Å². The van der Waals surface area contributed by atoms with Crippen LogP contribution in [-0.2, 0) is 4.79 Å². The Hall–Kier alpha value is -2.40. The first-order valence-corrected chi connectivity index (χ1v) is 5.66. The van der Waals surface area contributed by atoms with E-state index in [4.69, 9.17) is 16.0 Å². The zero-order valence-electron chi connectivity index (χ0n) is 9.58. The van der Waals surface area contributed by atoms with Crippen molar-refractivity contribution in [3.8, 4) is 11.3 Å². The van der Waals surface area contributed by atoms with Gasteiger partial charge in [-0.05, 0) is 41.9 Å². The number of hydrogen-bond acceptors (Lipinski definition) is 4. The Morgan fingerprint density at radius 3 is 2.47 bits per heavy atom. The van der Waals surface area contributed by atoms with E-state index >= 15 is 0 Å². The van der Waals surface area contributed by atoms with Crippen LogP contribution in [0, 0.1) is 10.1 Å². The van der Waals surface area contributed by atoms with Gasteiger partial charge in [-0.15, -0.1) is 0 Å². The molecule has 0 fully saturated rings. The molecular weight excluding hydrogens is 270 g/mol. The molecule has 19 heavy (non-hydrogen) atoms. The summed E-state index contributed by atoms with van der Waals surface area (Å²) in [5.41, 5.74) is 0.727. The highest BCUT2D eigenvalue weighted by atomic mass is 35.5. The molecule has 0 aliphatic rings. The number of carbonyl (C=O) groups excluding carboxylic acids is 1. The van der Waals surface area contributed by atoms with E-state index in [1.54, 1.807) is 24.3 Å². The standard InChI is InChI=1S/C13H8ClNO4/c14-13(16)8-6-11-5-7-12(19-11)9-1-3-10(4-2-9)15(17)18/h1-8H. The SMILES string of the molecule is O=C(Cl)C=Cc1ccc(-c2ccc([N+](=O)[O-])cc2)o1. The molecular formula is C13H8ClNO4. The van der Waals surface area contributed by atoms with Gasteiger partial charge in [0.25, 0.3) is 5.69 Å². The summed E-state index contributed by atoms with van der Waals surface area (Å²) >= 11 is 5.17. The van der Waals surface area contributed by atoms with Gasteiger partial charge < -0.3 is 4.42 Å². The average Bonchev–Trinajstić information content (AvgIpc) is 2.85. The highest BCUT2D eigenvalue weighted by Crippen LogP contribution is 2.24. The van der Waals surface area contributed by atoms with Crippen LogP contribution < -0.4 is 0 Å². The van der Waals surface area contributed by atoms with E-state index < -0.39 is 10.2 Å². The van der Waals surface area contributed by atoms with Crippen LogP contribution in [-0.4, -0.2) is 10.2 Å². The highest BCUT2D eigenvalue weighted by molar-refractivity contribution is 6.66. The maximum absolute atomic E-state index is 10.6. The van der Waals surface area contributed by atoms with E-state index in [1.807, 2.05) is 0 Å². The predicted molar refractivity (Wildman–Crippen MR) is 70.7 cm³/mol. The van der Waals surface area contributed by atoms with Gasteiger partial charge in [0.05, 0.1) is 4.92 Å². The molecule has 1 aromatic carbocycles. The lowest BCUT2D eigenvalue weighted by atomic mass is 10.1. The Kier molecular flexibility index (Phi) is 3.77. The molecule has 0 unspecified atom stereocenters. The molecule has 2 aromatic rings. The second-order valence-electron chi connectivity index (χ2n) is 3.64. The first-order chi connectivity index (χ1) is 9.06. The fourth-order valence-corrected chi connectivity index (χ4v) is 1.56. The van der Waals surface area contributed by atoms with Gasteiger partial charge in [-0.2, -0.15) is 0 Å². The van der Waals surface area contributed by atoms with Crippen molar-refractivity contribution in [1.29, 1.82) is 0 Å². The van der Waals surface area contributed by atoms with Crippen LogP contribution in [0.15, 0.2) is 46.9 Å². The number of rotatable bonds is 4. The number of furan rings is 1. The molecule has 96 valence electrons. The van der Waals surface area contributed by atoms with Gasteiger partial charge in [0.2, 0.25) is 5.24 Å². The maximum Gasteiger partial charge on any atom is 0.269 e. The van der Waals surface area contributed by atoms with Crippen molar-refractivity contribution in [2.24, 2.45) is 0 Å². The summed E-state index contributed by atoms with van der Waals surface area (Å²) < 4.78 is 5.45. The summed E-state index contributed by atoms with van der Waals surface area (Å²) in [5, 5.41) is 9.94. The molecule has 0 radical (unpaired) electrons. The maximum atomic E-state index is 10.6. The quantitative estimate of drug-likeness (QED) is 0.370. The molecule has 0 N–H and O–H groups in total. The first kappa shape index (κ1) is 13.0. The van der Waals surface area contributed by atoms with Gasteiger partial charge in [0.1, 0.15) is 11.5 Å². The number of benzene rings is 1. The fraction of sp³-hybridized carbons (Fsp3) is 0. The molecule has 0 spiro atoms. The van der Waals surface area contributed by atoms with Crippen molar-refractivity contribution in [2.45, 2.75) is 0 Å². The van der Waals surface area contributed by atoms with Crippen LogP contribution in [0.1, 0.15) is 5.76 Å². The first-order valence-electron chi connectivity index (χ1n) is 5.28. The van der Waals surface area contributed by atoms with Crippen molar-refractivity contribution in [1.82, 2.24) is 0 Å². The van der Waals surface area contributed by atoms with Crippen LogP contribution in [0.2, 0.25) is 0 Å². The molecule has 1 aromatic heterocycles. The molecule has 6 heteroatoms. The molecule has 0 aliphatic carbocycles. The number of halogens is 1. The second-order valence-corrected chi connectivity index (χ2v) is 4.02. The van der Waals surface area contributed by atoms with Crippen molar-refractivity contribution >= 4 is 28.6 Å². The summed E-state index contributed by atoms with van der Waals surface area (Å²) in [5.74, 6) is 1.03. The van der Waals surface area contributed by atoms with Crippen LogP contribution in [0.25, 0.3) is 17.4 Å². The Balaban J connectivity index is 2.23. The van der Waals surface area contributed by atoms with E-state index in [1.165, 1.54) is 24.3 Å². The van der Waals surface area contributed by atoms with Gasteiger partial charge in [-0.1, -0.05) is 0 Å². The van der Waals surface area contributed by atoms with Crippen molar-refractivity contribution in [3.05, 3.63) is 58.3 Å². The van der Waals surface area contributed by atoms with Crippen LogP contribution in [0.4, 0.5) is 5.69 Å². The van der Waals surface area contributed by atoms with Gasteiger partial charge in [-0.25, -0.2) is 0 Å². The van der Waals surface area contributed by atoms with E-state index in [0.717, 1.165) is 0 Å². The topological polar surface area (TPSA) is 73.3 Å². The molecule has 0 bridgehead atoms. The minimum Gasteiger partial charge on any atom is -0.457 e. The van der Waals surface area contributed by atoms with E-state index in [9.17, 15) is 14.9 Å². The third kappa shape index (κ3) is 3.29. The van der Waals surface area contributed by atoms with Gasteiger partial charge in [0, 0.05) is 23.8 Å². The molecule has 0 amide bonds. The Morgan fingerprint density at radius 2 is 1.89 bits per heavy atom. The average molecular weight is 278 g/mol. The zero-order valence-corrected chi connectivity index (χ0v) is 10.3. The third-order valence-corrected chi connectivity index (χ3v) is 2.49. The summed E-state index contributed by atoms with van der Waals surface area (Å²) in [7, 11) is 0. The Morgan fingerprint density at radius 1 is 1.21 bits per heavy atom. The lowest BCUT2D eigenvalue weighted by molar-refractivity contribution is -0.384. The molecule has 0 saturated heterocycles. The van der Waals surface area contributed by atoms with Gasteiger partial charge >= 0.3 is 0 Å². The number of allylic oxidation sites excluding steroid dienone is 1. The Bertz CT molecular complexity index is 643. The van der Waals surface area contributed by atoms with Crippen molar-refractivity contribution in [2.75, 3.05) is 0 Å². The molecule has 0 atom stereocenters. The van der Waals surface area contributed by atoms with Crippen LogP contribution in [0.5, 0.6) is 0 Å². The molecule has 5 nitrogen and oxygen atoms in total. The number of hydrogen-bond donors (Lipinski definition) is 0. The smallest absolute Gasteiger partial charge is 0.269 e. The number of nitrogens with zero attached hydrogens (tertiary/aromatic N) is 1. The van der Waals surface area contributed by atoms with Crippen molar-refractivity contribution < 1.29 is 14.1 Å². The van der Waals surface area contributed by atoms with Crippen LogP contribution in [0.3, 0.4) is 0 Å². The summed E-state index contributed by atoms with van der Waals surface area (Å²) in [6.45, 7) is 0. The number of nitro benzene ring substituents is 1. The van der Waals surface area contributed by atoms with E-state index in [-0.39, 0.29) is 5.69 Å². The Labute approximate surface area is 113 Å². The third-order valence-electron chi connectivity index (χ3n) is 2.37. The predicted octanol–water partition coefficient (Wildman–Crippen LogP) is 3.63. The normalized spacial score (nSPS) is 10.8. The van der Waals surface area contributed by atoms with Crippen LogP contribution >= 0.6 is 11.6 Å². The lowest BCUT2D eigenvalue weighted by Gasteiger charge is -1.96. The zero-order chi connectivity index (χ0) is 13.8. The lowest BCUT2D eigenvalue weighted by Crippen LogP contribution is -1.86. The van der Waals surface area contributed by atoms with Gasteiger partial charge in [-0.3, -0.25) is 14.9 Å². The number of non-ortho nitro benzene ring substituents is 1. The number of nitro groups is 1. The monoisotopic (exact) mass is 277 g/mol. The summed E-state index contributed by atoms with van der Waals surface area (Å²) in [6.07, 6.45) is 2.63. The van der Waals surface area contributed by atoms with Gasteiger partial charge in [0.15, 0.2) is 0 Å². The minimum absolute atomic E-state index is 0.0168. The highest BCUT2D eigenvalue weighted by Gasteiger charge is 2.07. The second kappa shape index (κ2) is 5.49. The molecule has 0 saturated carbocycles. The molecule has 0 aliphatic heterocycles. The molecule has 1 heterocycles. The van der Waals surface area contributed by atoms with E-state index in [0.29, 0.717) is 17.1 Å². The summed E-state index contributed by atoms with van der Waals surface area (Å²) in [6, 6.07) is 9.37. The largest absolute Gasteiger partial charge is 0.457 e. The number of carbonyl (C=O) groups is 1. The minimum atomic E-state index is -0.590. The fourth-order valence-electron chi connectivity index (χ4n) is 1.49.